The summed E-state index contributed by atoms with van der Waals surface area (Å²) in [5.41, 5.74) is -1.68. The smallest absolute Gasteiger partial charge is 0.341 e. The van der Waals surface area contributed by atoms with Gasteiger partial charge in [-0.1, -0.05) is 0 Å². The number of aromatic nitrogens is 2. The van der Waals surface area contributed by atoms with Crippen molar-refractivity contribution < 1.29 is 23.8 Å². The predicted octanol–water partition coefficient (Wildman–Crippen LogP) is 0.670. The maximum atomic E-state index is 15.2. The second-order valence-corrected chi connectivity index (χ2v) is 7.08. The van der Waals surface area contributed by atoms with Crippen LogP contribution < -0.4 is 15.8 Å². The van der Waals surface area contributed by atoms with Gasteiger partial charge in [0.05, 0.1) is 12.0 Å². The van der Waals surface area contributed by atoms with Crippen molar-refractivity contribution in [3.63, 3.8) is 0 Å². The van der Waals surface area contributed by atoms with Crippen LogP contribution in [0.3, 0.4) is 0 Å². The first-order valence-electron chi connectivity index (χ1n) is 9.22. The standard InChI is InChI=1S/C19H19F2N5O4/c1-25(26-7-10(8-26)22-2-3-27)16-13(20)5-9-4-11-17(28)12(19(29)30)6-23-18(11)24-15(9)14(16)21/h4-6,10,22,27H,2-3,7-8H2,1H3,(H,29,30)(H,23,24,28). The number of anilines is 1. The van der Waals surface area contributed by atoms with Crippen LogP contribution in [-0.2, 0) is 0 Å². The highest BCUT2D eigenvalue weighted by molar-refractivity contribution is 5.96. The van der Waals surface area contributed by atoms with Crippen molar-refractivity contribution >= 4 is 33.6 Å². The molecule has 1 saturated heterocycles. The minimum absolute atomic E-state index is 0.00818. The number of halogens is 2. The molecule has 0 radical (unpaired) electrons. The molecule has 0 saturated carbocycles. The number of carbonyl (C=O) groups is 1. The number of rotatable bonds is 6. The molecule has 1 aliphatic rings. The molecule has 3 heterocycles. The average molecular weight is 419 g/mol. The highest BCUT2D eigenvalue weighted by Gasteiger charge is 2.32. The number of aromatic carboxylic acids is 1. The molecule has 3 aromatic rings. The van der Waals surface area contributed by atoms with Gasteiger partial charge in [0.1, 0.15) is 22.4 Å². The number of pyridine rings is 2. The van der Waals surface area contributed by atoms with Gasteiger partial charge in [0.25, 0.3) is 0 Å². The van der Waals surface area contributed by atoms with E-state index in [1.807, 2.05) is 0 Å². The number of aromatic amines is 1. The van der Waals surface area contributed by atoms with Crippen LogP contribution >= 0.6 is 0 Å². The van der Waals surface area contributed by atoms with Gasteiger partial charge in [-0.2, -0.15) is 0 Å². The zero-order chi connectivity index (χ0) is 21.6. The Balaban J connectivity index is 1.74. The molecular weight excluding hydrogens is 400 g/mol. The number of H-pyrrole nitrogens is 1. The first-order chi connectivity index (χ1) is 14.3. The molecule has 0 aliphatic carbocycles. The van der Waals surface area contributed by atoms with Crippen LogP contribution in [0.15, 0.2) is 23.1 Å². The third kappa shape index (κ3) is 3.26. The Hall–Kier alpha value is -3.15. The van der Waals surface area contributed by atoms with Crippen LogP contribution in [0, 0.1) is 11.6 Å². The maximum Gasteiger partial charge on any atom is 0.341 e. The molecule has 1 aromatic carbocycles. The van der Waals surface area contributed by atoms with Crippen molar-refractivity contribution in [3.8, 4) is 0 Å². The Kier molecular flexibility index (Phi) is 5.10. The molecule has 1 fully saturated rings. The summed E-state index contributed by atoms with van der Waals surface area (Å²) in [6.45, 7) is 1.49. The van der Waals surface area contributed by atoms with Crippen LogP contribution in [0.4, 0.5) is 14.5 Å². The molecule has 0 bridgehead atoms. The van der Waals surface area contributed by atoms with Crippen molar-refractivity contribution in [3.05, 3.63) is 45.8 Å². The molecular formula is C19H19F2N5O4. The number of hydrogen-bond donors (Lipinski definition) is 4. The highest BCUT2D eigenvalue weighted by Crippen LogP contribution is 2.32. The van der Waals surface area contributed by atoms with Gasteiger partial charge >= 0.3 is 5.97 Å². The number of hydrazine groups is 1. The summed E-state index contributed by atoms with van der Waals surface area (Å²) in [7, 11) is 1.54. The van der Waals surface area contributed by atoms with Gasteiger partial charge < -0.3 is 25.5 Å². The van der Waals surface area contributed by atoms with Crippen molar-refractivity contribution in [1.82, 2.24) is 20.3 Å². The van der Waals surface area contributed by atoms with Crippen molar-refractivity contribution in [2.75, 3.05) is 38.3 Å². The largest absolute Gasteiger partial charge is 0.477 e. The summed E-state index contributed by atoms with van der Waals surface area (Å²) in [5.74, 6) is -3.13. The lowest BCUT2D eigenvalue weighted by molar-refractivity contribution is 0.0695. The van der Waals surface area contributed by atoms with Crippen LogP contribution in [0.5, 0.6) is 0 Å². The van der Waals surface area contributed by atoms with Crippen LogP contribution in [0.25, 0.3) is 21.9 Å². The minimum Gasteiger partial charge on any atom is -0.477 e. The molecule has 11 heteroatoms. The zero-order valence-electron chi connectivity index (χ0n) is 15.9. The van der Waals surface area contributed by atoms with Gasteiger partial charge in [-0.3, -0.25) is 4.79 Å². The third-order valence-corrected chi connectivity index (χ3v) is 5.20. The summed E-state index contributed by atoms with van der Waals surface area (Å²) in [6.07, 6.45) is 1.000. The van der Waals surface area contributed by atoms with Gasteiger partial charge in [-0.15, -0.1) is 0 Å². The number of aliphatic hydroxyl groups is 1. The van der Waals surface area contributed by atoms with E-state index in [9.17, 15) is 14.0 Å². The fourth-order valence-electron chi connectivity index (χ4n) is 3.57. The number of aliphatic hydroxyl groups excluding tert-OH is 1. The number of hydrogen-bond acceptors (Lipinski definition) is 7. The molecule has 158 valence electrons. The van der Waals surface area contributed by atoms with E-state index in [1.165, 1.54) is 18.1 Å². The number of nitrogens with one attached hydrogen (secondary N) is 2. The number of fused-ring (bicyclic) bond motifs is 2. The van der Waals surface area contributed by atoms with E-state index in [0.717, 1.165) is 12.3 Å². The first-order valence-corrected chi connectivity index (χ1v) is 9.22. The fraction of sp³-hybridized carbons (Fsp3) is 0.316. The molecule has 0 atom stereocenters. The monoisotopic (exact) mass is 419 g/mol. The van der Waals surface area contributed by atoms with E-state index in [0.29, 0.717) is 19.6 Å². The maximum absolute atomic E-state index is 15.2. The number of carboxylic acids is 1. The van der Waals surface area contributed by atoms with E-state index in [1.54, 1.807) is 5.01 Å². The van der Waals surface area contributed by atoms with Crippen molar-refractivity contribution in [2.24, 2.45) is 0 Å². The summed E-state index contributed by atoms with van der Waals surface area (Å²) in [5, 5.41) is 24.1. The van der Waals surface area contributed by atoms with E-state index >= 15 is 4.39 Å². The molecule has 0 unspecified atom stereocenters. The molecule has 2 aromatic heterocycles. The van der Waals surface area contributed by atoms with E-state index in [-0.39, 0.29) is 40.3 Å². The Morgan fingerprint density at radius 3 is 2.80 bits per heavy atom. The van der Waals surface area contributed by atoms with E-state index in [2.05, 4.69) is 15.3 Å². The fourth-order valence-corrected chi connectivity index (χ4v) is 3.57. The lowest BCUT2D eigenvalue weighted by Gasteiger charge is -2.45. The van der Waals surface area contributed by atoms with Gasteiger partial charge in [0.15, 0.2) is 11.6 Å². The summed E-state index contributed by atoms with van der Waals surface area (Å²) in [4.78, 5) is 30.2. The van der Waals surface area contributed by atoms with Crippen LogP contribution in [0.2, 0.25) is 0 Å². The molecule has 4 N–H and O–H groups in total. The number of carboxylic acid groups (broad SMARTS) is 1. The normalized spacial score (nSPS) is 14.9. The van der Waals surface area contributed by atoms with E-state index < -0.39 is 28.6 Å². The zero-order valence-corrected chi connectivity index (χ0v) is 15.9. The highest BCUT2D eigenvalue weighted by atomic mass is 19.1. The van der Waals surface area contributed by atoms with Crippen molar-refractivity contribution in [2.45, 2.75) is 6.04 Å². The first kappa shape index (κ1) is 20.1. The number of benzene rings is 1. The van der Waals surface area contributed by atoms with Gasteiger partial charge in [0.2, 0.25) is 5.43 Å². The summed E-state index contributed by atoms with van der Waals surface area (Å²) < 4.78 is 30.0. The quantitative estimate of drug-likeness (QED) is 0.430. The van der Waals surface area contributed by atoms with Crippen molar-refractivity contribution in [1.29, 1.82) is 0 Å². The molecule has 30 heavy (non-hydrogen) atoms. The average Bonchev–Trinajstić information content (AvgIpc) is 2.66. The minimum atomic E-state index is -1.41. The lowest BCUT2D eigenvalue weighted by atomic mass is 10.1. The Labute approximate surface area is 168 Å². The number of nitrogens with zero attached hydrogens (tertiary/aromatic N) is 3. The topological polar surface area (TPSA) is 122 Å². The van der Waals surface area contributed by atoms with E-state index in [4.69, 9.17) is 10.2 Å². The Morgan fingerprint density at radius 2 is 2.13 bits per heavy atom. The van der Waals surface area contributed by atoms with Crippen LogP contribution in [0.1, 0.15) is 10.4 Å². The van der Waals surface area contributed by atoms with Crippen LogP contribution in [-0.4, -0.2) is 70.5 Å². The Bertz CT molecular complexity index is 1210. The molecule has 4 rings (SSSR count). The second-order valence-electron chi connectivity index (χ2n) is 7.08. The summed E-state index contributed by atoms with van der Waals surface area (Å²) >= 11 is 0. The molecule has 9 nitrogen and oxygen atoms in total. The SMILES string of the molecule is CN(c1c(F)cc2cc3c(=O)c(C(=O)O)c[nH]c3nc2c1F)N1CC(NCCO)C1. The lowest BCUT2D eigenvalue weighted by Crippen LogP contribution is -2.63. The molecule has 0 amide bonds. The third-order valence-electron chi connectivity index (χ3n) is 5.20. The predicted molar refractivity (Wildman–Crippen MR) is 106 cm³/mol. The van der Waals surface area contributed by atoms with Gasteiger partial charge in [-0.25, -0.2) is 23.6 Å². The molecule has 1 aliphatic heterocycles. The van der Waals surface area contributed by atoms with Gasteiger partial charge in [0, 0.05) is 44.3 Å². The summed E-state index contributed by atoms with van der Waals surface area (Å²) in [6, 6.07) is 2.42. The second kappa shape index (κ2) is 7.59. The Morgan fingerprint density at radius 1 is 1.40 bits per heavy atom. The van der Waals surface area contributed by atoms with Gasteiger partial charge in [-0.05, 0) is 12.1 Å². The molecule has 0 spiro atoms.